The summed E-state index contributed by atoms with van der Waals surface area (Å²) >= 11 is 3.94. The molecular weight excluding hydrogens is 476 g/mol. The van der Waals surface area contributed by atoms with Gasteiger partial charge in [0.25, 0.3) is 0 Å². The molecule has 3 amide bonds. The number of aliphatic carboxylic acids is 1. The average molecular weight is 519 g/mol. The van der Waals surface area contributed by atoms with Gasteiger partial charge in [-0.25, -0.2) is 4.79 Å². The Labute approximate surface area is 212 Å². The summed E-state index contributed by atoms with van der Waals surface area (Å²) in [5.74, 6) is -3.37. The molecule has 35 heavy (non-hydrogen) atoms. The standard InChI is InChI=1S/C21H42N8O5S/c1-3-12(2)16(23)19(32)28-13(7-4-5-9-22)17(30)27-14(8-6-10-26-21(24)25)18(31)29-15(11-35)20(33)34/h12-16,35H,3-11,22-23H2,1-2H3,(H,27,30)(H,28,32)(H,29,31)(H,33,34)(H4,24,25,26). The number of hydrogen-bond acceptors (Lipinski definition) is 8. The van der Waals surface area contributed by atoms with E-state index >= 15 is 0 Å². The van der Waals surface area contributed by atoms with E-state index in [1.54, 1.807) is 0 Å². The predicted molar refractivity (Wildman–Crippen MR) is 138 cm³/mol. The third-order valence-corrected chi connectivity index (χ3v) is 5.88. The van der Waals surface area contributed by atoms with Crippen molar-refractivity contribution in [1.29, 1.82) is 0 Å². The summed E-state index contributed by atoms with van der Waals surface area (Å²) in [4.78, 5) is 53.7. The van der Waals surface area contributed by atoms with Crippen molar-refractivity contribution in [2.75, 3.05) is 18.8 Å². The number of guanidine groups is 1. The number of unbranched alkanes of at least 4 members (excludes halogenated alkanes) is 1. The minimum atomic E-state index is -1.26. The van der Waals surface area contributed by atoms with Gasteiger partial charge in [-0.05, 0) is 44.6 Å². The van der Waals surface area contributed by atoms with Crippen molar-refractivity contribution < 1.29 is 24.3 Å². The Morgan fingerprint density at radius 2 is 1.43 bits per heavy atom. The van der Waals surface area contributed by atoms with Crippen LogP contribution in [0.2, 0.25) is 0 Å². The number of carboxylic acids is 1. The van der Waals surface area contributed by atoms with Crippen LogP contribution in [0.5, 0.6) is 0 Å². The molecule has 5 atom stereocenters. The Bertz CT molecular complexity index is 720. The molecule has 0 saturated heterocycles. The van der Waals surface area contributed by atoms with Gasteiger partial charge < -0.3 is 44.0 Å². The summed E-state index contributed by atoms with van der Waals surface area (Å²) in [6.07, 6.45) is 2.64. The zero-order valence-electron chi connectivity index (χ0n) is 20.5. The van der Waals surface area contributed by atoms with Gasteiger partial charge >= 0.3 is 5.97 Å². The lowest BCUT2D eigenvalue weighted by molar-refractivity contribution is -0.141. The molecule has 202 valence electrons. The number of rotatable bonds is 18. The lowest BCUT2D eigenvalue weighted by Crippen LogP contribution is -2.57. The molecule has 14 heteroatoms. The maximum absolute atomic E-state index is 13.1. The second-order valence-corrected chi connectivity index (χ2v) is 8.71. The van der Waals surface area contributed by atoms with E-state index in [1.165, 1.54) is 0 Å². The molecule has 13 nitrogen and oxygen atoms in total. The van der Waals surface area contributed by atoms with Crippen molar-refractivity contribution in [2.24, 2.45) is 33.8 Å². The van der Waals surface area contributed by atoms with Crippen molar-refractivity contribution in [1.82, 2.24) is 16.0 Å². The quantitative estimate of drug-likeness (QED) is 0.0421. The molecule has 0 bridgehead atoms. The molecule has 0 saturated carbocycles. The molecule has 12 N–H and O–H groups in total. The van der Waals surface area contributed by atoms with Gasteiger partial charge in [0.1, 0.15) is 18.1 Å². The highest BCUT2D eigenvalue weighted by Crippen LogP contribution is 2.09. The molecule has 0 aliphatic rings. The van der Waals surface area contributed by atoms with Crippen molar-refractivity contribution >= 4 is 42.3 Å². The fraction of sp³-hybridized carbons (Fsp3) is 0.762. The first-order valence-corrected chi connectivity index (χ1v) is 12.4. The fourth-order valence-electron chi connectivity index (χ4n) is 3.04. The Morgan fingerprint density at radius 3 is 1.89 bits per heavy atom. The Hall–Kier alpha value is -2.58. The van der Waals surface area contributed by atoms with Gasteiger partial charge in [0.05, 0.1) is 6.04 Å². The number of thiol groups is 1. The van der Waals surface area contributed by atoms with Crippen LogP contribution in [-0.4, -0.2) is 77.8 Å². The summed E-state index contributed by atoms with van der Waals surface area (Å²) in [7, 11) is 0. The fourth-order valence-corrected chi connectivity index (χ4v) is 3.29. The largest absolute Gasteiger partial charge is 0.480 e. The first-order chi connectivity index (χ1) is 16.5. The molecular formula is C21H42N8O5S. The molecule has 0 aliphatic heterocycles. The van der Waals surface area contributed by atoms with Crippen molar-refractivity contribution in [3.8, 4) is 0 Å². The third kappa shape index (κ3) is 13.2. The highest BCUT2D eigenvalue weighted by atomic mass is 32.1. The molecule has 0 radical (unpaired) electrons. The van der Waals surface area contributed by atoms with Gasteiger partial charge in [0, 0.05) is 12.3 Å². The third-order valence-electron chi connectivity index (χ3n) is 5.52. The first-order valence-electron chi connectivity index (χ1n) is 11.7. The number of nitrogens with zero attached hydrogens (tertiary/aromatic N) is 1. The molecule has 0 spiro atoms. The van der Waals surface area contributed by atoms with Crippen molar-refractivity contribution in [3.63, 3.8) is 0 Å². The van der Waals surface area contributed by atoms with Gasteiger partial charge in [-0.15, -0.1) is 0 Å². The van der Waals surface area contributed by atoms with E-state index in [9.17, 15) is 24.3 Å². The Balaban J connectivity index is 5.56. The summed E-state index contributed by atoms with van der Waals surface area (Å²) < 4.78 is 0. The normalized spacial score (nSPS) is 15.1. The number of hydrogen-bond donors (Lipinski definition) is 9. The smallest absolute Gasteiger partial charge is 0.327 e. The van der Waals surface area contributed by atoms with Gasteiger partial charge in [0.2, 0.25) is 17.7 Å². The molecule has 0 heterocycles. The van der Waals surface area contributed by atoms with Gasteiger partial charge in [0.15, 0.2) is 5.96 Å². The van der Waals surface area contributed by atoms with Gasteiger partial charge in [-0.1, -0.05) is 20.3 Å². The van der Waals surface area contributed by atoms with Crippen LogP contribution in [0, 0.1) is 5.92 Å². The van der Waals surface area contributed by atoms with E-state index in [0.717, 1.165) is 0 Å². The van der Waals surface area contributed by atoms with Crippen LogP contribution >= 0.6 is 12.6 Å². The van der Waals surface area contributed by atoms with Crippen LogP contribution in [-0.2, 0) is 19.2 Å². The summed E-state index contributed by atoms with van der Waals surface area (Å²) in [6, 6.07) is -4.07. The second-order valence-electron chi connectivity index (χ2n) is 8.35. The maximum Gasteiger partial charge on any atom is 0.327 e. The van der Waals surface area contributed by atoms with E-state index in [0.29, 0.717) is 38.6 Å². The van der Waals surface area contributed by atoms with Crippen LogP contribution in [0.4, 0.5) is 0 Å². The average Bonchev–Trinajstić information content (AvgIpc) is 2.81. The monoisotopic (exact) mass is 518 g/mol. The number of carbonyl (C=O) groups is 4. The maximum atomic E-state index is 13.1. The SMILES string of the molecule is CCC(C)C(N)C(=O)NC(CCCCN)C(=O)NC(CCCN=C(N)N)C(=O)NC(CS)C(=O)O. The topological polar surface area (TPSA) is 241 Å². The number of carbonyl (C=O) groups excluding carboxylic acids is 3. The number of nitrogens with one attached hydrogen (secondary N) is 3. The van der Waals surface area contributed by atoms with E-state index in [2.05, 4.69) is 33.6 Å². The van der Waals surface area contributed by atoms with Crippen molar-refractivity contribution in [2.45, 2.75) is 76.5 Å². The minimum Gasteiger partial charge on any atom is -0.480 e. The Morgan fingerprint density at radius 1 is 0.914 bits per heavy atom. The molecule has 0 aliphatic carbocycles. The zero-order chi connectivity index (χ0) is 27.0. The van der Waals surface area contributed by atoms with Gasteiger partial charge in [-0.2, -0.15) is 12.6 Å². The molecule has 0 fully saturated rings. The molecule has 0 aromatic carbocycles. The van der Waals surface area contributed by atoms with Crippen LogP contribution in [0.3, 0.4) is 0 Å². The minimum absolute atomic E-state index is 0.0917. The summed E-state index contributed by atoms with van der Waals surface area (Å²) in [5, 5.41) is 16.9. The molecule has 0 rings (SSSR count). The van der Waals surface area contributed by atoms with Crippen LogP contribution in [0.1, 0.15) is 52.4 Å². The van der Waals surface area contributed by atoms with Crippen LogP contribution in [0.15, 0.2) is 4.99 Å². The van der Waals surface area contributed by atoms with Crippen LogP contribution < -0.4 is 38.9 Å². The van der Waals surface area contributed by atoms with E-state index < -0.39 is 47.9 Å². The van der Waals surface area contributed by atoms with Gasteiger partial charge in [-0.3, -0.25) is 19.4 Å². The van der Waals surface area contributed by atoms with E-state index in [-0.39, 0.29) is 30.6 Å². The van der Waals surface area contributed by atoms with Crippen molar-refractivity contribution in [3.05, 3.63) is 0 Å². The predicted octanol–water partition coefficient (Wildman–Crippen LogP) is -1.99. The molecule has 5 unspecified atom stereocenters. The first kappa shape index (κ1) is 32.4. The number of aliphatic imine (C=N–C) groups is 1. The lowest BCUT2D eigenvalue weighted by atomic mass is 9.98. The number of nitrogens with two attached hydrogens (primary N) is 4. The number of amides is 3. The molecule has 0 aromatic rings. The Kier molecular flexibility index (Phi) is 16.5. The zero-order valence-corrected chi connectivity index (χ0v) is 21.4. The highest BCUT2D eigenvalue weighted by molar-refractivity contribution is 7.80. The second kappa shape index (κ2) is 17.8. The lowest BCUT2D eigenvalue weighted by Gasteiger charge is -2.26. The van der Waals surface area contributed by atoms with Crippen LogP contribution in [0.25, 0.3) is 0 Å². The van der Waals surface area contributed by atoms with E-state index in [4.69, 9.17) is 22.9 Å². The summed E-state index contributed by atoms with van der Waals surface area (Å²) in [6.45, 7) is 4.37. The van der Waals surface area contributed by atoms with E-state index in [1.807, 2.05) is 13.8 Å². The number of carboxylic acid groups (broad SMARTS) is 1. The summed E-state index contributed by atoms with van der Waals surface area (Å²) in [5.41, 5.74) is 22.2. The molecule has 0 aromatic heterocycles. The highest BCUT2D eigenvalue weighted by Gasteiger charge is 2.30.